The minimum absolute atomic E-state index is 0.0252. The van der Waals surface area contributed by atoms with Crippen LogP contribution in [0.25, 0.3) is 0 Å². The van der Waals surface area contributed by atoms with Crippen LogP contribution in [0.1, 0.15) is 5.82 Å². The number of benzene rings is 1. The first-order valence-electron chi connectivity index (χ1n) is 4.76. The van der Waals surface area contributed by atoms with Crippen LogP contribution in [0.15, 0.2) is 23.1 Å². The Kier molecular flexibility index (Phi) is 3.42. The Hall–Kier alpha value is -1.38. The van der Waals surface area contributed by atoms with Crippen molar-refractivity contribution in [2.75, 3.05) is 10.5 Å². The number of aromatic nitrogens is 2. The fraction of sp³-hybridized carbons (Fsp3) is 0.111. The minimum atomic E-state index is -3.72. The zero-order valence-electron chi connectivity index (χ0n) is 9.21. The normalized spacial score (nSPS) is 11.4. The maximum atomic E-state index is 12.0. The Bertz CT molecular complexity index is 684. The molecule has 6 nitrogen and oxygen atoms in total. The SMILES string of the molecule is Cc1nsc(NS(=O)(=O)c2ccc(Cl)c(N)c2)n1. The van der Waals surface area contributed by atoms with Gasteiger partial charge in [-0.05, 0) is 25.1 Å². The molecule has 0 fully saturated rings. The van der Waals surface area contributed by atoms with Crippen molar-refractivity contribution < 1.29 is 8.42 Å². The maximum Gasteiger partial charge on any atom is 0.263 e. The molecule has 3 N–H and O–H groups in total. The van der Waals surface area contributed by atoms with Gasteiger partial charge in [0, 0.05) is 11.5 Å². The van der Waals surface area contributed by atoms with E-state index < -0.39 is 10.0 Å². The molecule has 1 aromatic heterocycles. The summed E-state index contributed by atoms with van der Waals surface area (Å²) in [6.07, 6.45) is 0. The summed E-state index contributed by atoms with van der Waals surface area (Å²) < 4.78 is 30.2. The van der Waals surface area contributed by atoms with E-state index in [4.69, 9.17) is 17.3 Å². The molecular formula is C9H9ClN4O2S2. The molecule has 1 aromatic carbocycles. The Morgan fingerprint density at radius 3 is 2.72 bits per heavy atom. The van der Waals surface area contributed by atoms with Crippen molar-refractivity contribution in [3.8, 4) is 0 Å². The molecule has 0 spiro atoms. The molecule has 0 aliphatic rings. The van der Waals surface area contributed by atoms with Gasteiger partial charge in [-0.2, -0.15) is 4.37 Å². The molecule has 0 unspecified atom stereocenters. The molecule has 0 aliphatic carbocycles. The number of nitrogen functional groups attached to an aromatic ring is 1. The molecule has 2 rings (SSSR count). The van der Waals surface area contributed by atoms with E-state index in [0.717, 1.165) is 11.5 Å². The summed E-state index contributed by atoms with van der Waals surface area (Å²) in [5, 5.41) is 0.515. The molecule has 18 heavy (non-hydrogen) atoms. The molecular weight excluding hydrogens is 296 g/mol. The fourth-order valence-electron chi connectivity index (χ4n) is 1.20. The number of rotatable bonds is 3. The summed E-state index contributed by atoms with van der Waals surface area (Å²) in [6, 6.07) is 4.09. The van der Waals surface area contributed by atoms with E-state index in [9.17, 15) is 8.42 Å². The second-order valence-electron chi connectivity index (χ2n) is 3.44. The van der Waals surface area contributed by atoms with Crippen LogP contribution in [0.3, 0.4) is 0 Å². The number of anilines is 2. The summed E-state index contributed by atoms with van der Waals surface area (Å²) in [5.41, 5.74) is 5.77. The summed E-state index contributed by atoms with van der Waals surface area (Å²) >= 11 is 6.70. The summed E-state index contributed by atoms with van der Waals surface area (Å²) in [6.45, 7) is 1.68. The summed E-state index contributed by atoms with van der Waals surface area (Å²) in [7, 11) is -3.72. The predicted octanol–water partition coefficient (Wildman–Crippen LogP) is 1.88. The Labute approximate surface area is 113 Å². The summed E-state index contributed by atoms with van der Waals surface area (Å²) in [4.78, 5) is 3.95. The zero-order valence-corrected chi connectivity index (χ0v) is 11.6. The van der Waals surface area contributed by atoms with Crippen LogP contribution in [-0.2, 0) is 10.0 Å². The topological polar surface area (TPSA) is 98.0 Å². The lowest BCUT2D eigenvalue weighted by atomic mass is 10.3. The average Bonchev–Trinajstić information content (AvgIpc) is 2.67. The van der Waals surface area contributed by atoms with E-state index in [2.05, 4.69) is 14.1 Å². The highest BCUT2D eigenvalue weighted by molar-refractivity contribution is 7.93. The third-order valence-electron chi connectivity index (χ3n) is 2.03. The number of nitrogens with two attached hydrogens (primary N) is 1. The fourth-order valence-corrected chi connectivity index (χ4v) is 3.15. The number of hydrogen-bond donors (Lipinski definition) is 2. The summed E-state index contributed by atoms with van der Waals surface area (Å²) in [5.74, 6) is 0.508. The van der Waals surface area contributed by atoms with Crippen molar-refractivity contribution in [2.24, 2.45) is 0 Å². The number of aryl methyl sites for hydroxylation is 1. The number of nitrogens with zero attached hydrogens (tertiary/aromatic N) is 2. The van der Waals surface area contributed by atoms with Gasteiger partial charge in [0.25, 0.3) is 10.0 Å². The van der Waals surface area contributed by atoms with Crippen LogP contribution in [0.4, 0.5) is 10.8 Å². The van der Waals surface area contributed by atoms with E-state index >= 15 is 0 Å². The molecule has 96 valence electrons. The first-order chi connectivity index (χ1) is 8.38. The standard InChI is InChI=1S/C9H9ClN4O2S2/c1-5-12-9(17-13-5)14-18(15,16)6-2-3-7(10)8(11)4-6/h2-4H,11H2,1H3,(H,12,13,14). The monoisotopic (exact) mass is 304 g/mol. The molecule has 0 aliphatic heterocycles. The smallest absolute Gasteiger partial charge is 0.263 e. The lowest BCUT2D eigenvalue weighted by Crippen LogP contribution is -2.13. The van der Waals surface area contributed by atoms with Crippen LogP contribution in [0.2, 0.25) is 5.02 Å². The molecule has 0 radical (unpaired) electrons. The van der Waals surface area contributed by atoms with Crippen LogP contribution < -0.4 is 10.5 Å². The third-order valence-corrected chi connectivity index (χ3v) is 4.56. The van der Waals surface area contributed by atoms with Crippen molar-refractivity contribution in [3.05, 3.63) is 29.0 Å². The first-order valence-corrected chi connectivity index (χ1v) is 7.40. The molecule has 0 bridgehead atoms. The average molecular weight is 305 g/mol. The van der Waals surface area contributed by atoms with Gasteiger partial charge in [0.1, 0.15) is 5.82 Å². The number of nitrogens with one attached hydrogen (secondary N) is 1. The first kappa shape index (κ1) is 13.1. The van der Waals surface area contributed by atoms with Crippen LogP contribution in [0, 0.1) is 6.92 Å². The van der Waals surface area contributed by atoms with Gasteiger partial charge in [0.15, 0.2) is 0 Å². The zero-order chi connectivity index (χ0) is 13.3. The minimum Gasteiger partial charge on any atom is -0.397 e. The molecule has 0 saturated carbocycles. The highest BCUT2D eigenvalue weighted by Crippen LogP contribution is 2.24. The van der Waals surface area contributed by atoms with Gasteiger partial charge in [0.2, 0.25) is 5.13 Å². The number of hydrogen-bond acceptors (Lipinski definition) is 6. The van der Waals surface area contributed by atoms with Gasteiger partial charge in [-0.15, -0.1) is 0 Å². The molecule has 0 amide bonds. The van der Waals surface area contributed by atoms with E-state index in [1.165, 1.54) is 18.2 Å². The van der Waals surface area contributed by atoms with Crippen LogP contribution >= 0.6 is 23.1 Å². The van der Waals surface area contributed by atoms with Crippen molar-refractivity contribution in [1.29, 1.82) is 0 Å². The van der Waals surface area contributed by atoms with Gasteiger partial charge >= 0.3 is 0 Å². The van der Waals surface area contributed by atoms with Gasteiger partial charge < -0.3 is 5.73 Å². The van der Waals surface area contributed by atoms with Crippen molar-refractivity contribution in [1.82, 2.24) is 9.36 Å². The Balaban J connectivity index is 2.33. The van der Waals surface area contributed by atoms with E-state index in [1.807, 2.05) is 0 Å². The van der Waals surface area contributed by atoms with Crippen molar-refractivity contribution in [3.63, 3.8) is 0 Å². The molecule has 2 aromatic rings. The van der Waals surface area contributed by atoms with E-state index in [0.29, 0.717) is 10.8 Å². The van der Waals surface area contributed by atoms with Crippen molar-refractivity contribution >= 4 is 44.0 Å². The highest BCUT2D eigenvalue weighted by Gasteiger charge is 2.17. The van der Waals surface area contributed by atoms with E-state index in [1.54, 1.807) is 6.92 Å². The van der Waals surface area contributed by atoms with Gasteiger partial charge in [-0.1, -0.05) is 11.6 Å². The van der Waals surface area contributed by atoms with Crippen molar-refractivity contribution in [2.45, 2.75) is 11.8 Å². The molecule has 0 saturated heterocycles. The quantitative estimate of drug-likeness (QED) is 0.844. The molecule has 1 heterocycles. The Morgan fingerprint density at radius 1 is 1.44 bits per heavy atom. The highest BCUT2D eigenvalue weighted by atomic mass is 35.5. The largest absolute Gasteiger partial charge is 0.397 e. The number of sulfonamides is 1. The Morgan fingerprint density at radius 2 is 2.17 bits per heavy atom. The van der Waals surface area contributed by atoms with E-state index in [-0.39, 0.29) is 15.7 Å². The molecule has 9 heteroatoms. The maximum absolute atomic E-state index is 12.0. The second-order valence-corrected chi connectivity index (χ2v) is 6.28. The lowest BCUT2D eigenvalue weighted by molar-refractivity contribution is 0.601. The lowest BCUT2D eigenvalue weighted by Gasteiger charge is -2.06. The van der Waals surface area contributed by atoms with Gasteiger partial charge in [0.05, 0.1) is 15.6 Å². The predicted molar refractivity (Wildman–Crippen MR) is 71.3 cm³/mol. The second kappa shape index (κ2) is 4.71. The van der Waals surface area contributed by atoms with Gasteiger partial charge in [-0.25, -0.2) is 13.4 Å². The third kappa shape index (κ3) is 2.71. The van der Waals surface area contributed by atoms with Crippen LogP contribution in [0.5, 0.6) is 0 Å². The van der Waals surface area contributed by atoms with Gasteiger partial charge in [-0.3, -0.25) is 4.72 Å². The number of halogens is 1. The molecule has 0 atom stereocenters. The van der Waals surface area contributed by atoms with Crippen LogP contribution in [-0.4, -0.2) is 17.8 Å².